The van der Waals surface area contributed by atoms with Gasteiger partial charge in [-0.2, -0.15) is 9.97 Å². The highest BCUT2D eigenvalue weighted by molar-refractivity contribution is 5.73. The average molecular weight is 251 g/mol. The van der Waals surface area contributed by atoms with Crippen molar-refractivity contribution in [2.75, 3.05) is 30.8 Å². The van der Waals surface area contributed by atoms with Crippen LogP contribution in [0.25, 0.3) is 0 Å². The lowest BCUT2D eigenvalue weighted by atomic mass is 10.3. The molecule has 1 saturated heterocycles. The number of amides is 1. The van der Waals surface area contributed by atoms with Crippen LogP contribution in [0.5, 0.6) is 5.88 Å². The number of nitrogen functional groups attached to an aromatic ring is 1. The summed E-state index contributed by atoms with van der Waals surface area (Å²) in [6.07, 6.45) is 0.895. The Morgan fingerprint density at radius 3 is 3.06 bits per heavy atom. The van der Waals surface area contributed by atoms with E-state index in [0.29, 0.717) is 5.88 Å². The monoisotopic (exact) mass is 251 g/mol. The summed E-state index contributed by atoms with van der Waals surface area (Å²) in [5, 5.41) is 2.90. The number of carbonyl (C=O) groups is 1. The molecular formula is C11H17N5O2. The van der Waals surface area contributed by atoms with Crippen LogP contribution in [0.4, 0.5) is 11.8 Å². The molecule has 1 unspecified atom stereocenters. The summed E-state index contributed by atoms with van der Waals surface area (Å²) in [6, 6.07) is 1.90. The number of aromatic nitrogens is 2. The molecule has 3 N–H and O–H groups in total. The third kappa shape index (κ3) is 2.79. The first-order chi connectivity index (χ1) is 8.58. The Labute approximate surface area is 105 Å². The van der Waals surface area contributed by atoms with Crippen molar-refractivity contribution in [2.45, 2.75) is 19.4 Å². The zero-order valence-corrected chi connectivity index (χ0v) is 10.5. The molecule has 0 spiro atoms. The predicted octanol–water partition coefficient (Wildman–Crippen LogP) is -0.218. The summed E-state index contributed by atoms with van der Waals surface area (Å²) >= 11 is 0. The van der Waals surface area contributed by atoms with Gasteiger partial charge in [-0.3, -0.25) is 4.79 Å². The first-order valence-corrected chi connectivity index (χ1v) is 5.79. The van der Waals surface area contributed by atoms with Crippen LogP contribution in [0.2, 0.25) is 0 Å². The fourth-order valence-corrected chi connectivity index (χ4v) is 2.07. The van der Waals surface area contributed by atoms with Crippen molar-refractivity contribution in [1.82, 2.24) is 15.3 Å². The zero-order valence-electron chi connectivity index (χ0n) is 10.5. The van der Waals surface area contributed by atoms with E-state index in [4.69, 9.17) is 10.5 Å². The topological polar surface area (TPSA) is 93.4 Å². The summed E-state index contributed by atoms with van der Waals surface area (Å²) in [5.41, 5.74) is 5.62. The molecule has 0 saturated carbocycles. The highest BCUT2D eigenvalue weighted by atomic mass is 16.5. The molecule has 1 fully saturated rings. The van der Waals surface area contributed by atoms with Gasteiger partial charge in [0.25, 0.3) is 0 Å². The first-order valence-electron chi connectivity index (χ1n) is 5.79. The van der Waals surface area contributed by atoms with Gasteiger partial charge >= 0.3 is 0 Å². The molecule has 18 heavy (non-hydrogen) atoms. The Bertz CT molecular complexity index is 451. The summed E-state index contributed by atoms with van der Waals surface area (Å²) in [6.45, 7) is 3.07. The highest BCUT2D eigenvalue weighted by Crippen LogP contribution is 2.22. The molecule has 0 aromatic carbocycles. The van der Waals surface area contributed by atoms with Crippen LogP contribution >= 0.6 is 0 Å². The molecule has 7 heteroatoms. The SMILES string of the molecule is COc1cc(N2CCC(NC(C)=O)C2)nc(N)n1. The lowest BCUT2D eigenvalue weighted by molar-refractivity contribution is -0.119. The minimum absolute atomic E-state index is 0.0124. The number of hydrogen-bond acceptors (Lipinski definition) is 6. The van der Waals surface area contributed by atoms with Crippen LogP contribution in [-0.2, 0) is 4.79 Å². The number of rotatable bonds is 3. The maximum absolute atomic E-state index is 11.0. The lowest BCUT2D eigenvalue weighted by Crippen LogP contribution is -2.35. The quantitative estimate of drug-likeness (QED) is 0.771. The Hall–Kier alpha value is -2.05. The minimum Gasteiger partial charge on any atom is -0.481 e. The molecule has 1 amide bonds. The number of nitrogens with one attached hydrogen (secondary N) is 1. The van der Waals surface area contributed by atoms with E-state index in [1.165, 1.54) is 14.0 Å². The van der Waals surface area contributed by atoms with Crippen LogP contribution in [0.15, 0.2) is 6.07 Å². The highest BCUT2D eigenvalue weighted by Gasteiger charge is 2.24. The van der Waals surface area contributed by atoms with E-state index in [1.807, 2.05) is 0 Å². The van der Waals surface area contributed by atoms with E-state index in [0.717, 1.165) is 25.3 Å². The Kier molecular flexibility index (Phi) is 3.50. The van der Waals surface area contributed by atoms with Gasteiger partial charge in [0, 0.05) is 32.1 Å². The second-order valence-corrected chi connectivity index (χ2v) is 4.26. The molecule has 0 bridgehead atoms. The van der Waals surface area contributed by atoms with Crippen LogP contribution in [0.1, 0.15) is 13.3 Å². The molecule has 0 aliphatic carbocycles. The van der Waals surface area contributed by atoms with Crippen LogP contribution in [0, 0.1) is 0 Å². The lowest BCUT2D eigenvalue weighted by Gasteiger charge is -2.18. The van der Waals surface area contributed by atoms with E-state index in [9.17, 15) is 4.79 Å². The average Bonchev–Trinajstić information content (AvgIpc) is 2.75. The molecule has 2 heterocycles. The molecule has 7 nitrogen and oxygen atoms in total. The van der Waals surface area contributed by atoms with Crippen molar-refractivity contribution in [3.63, 3.8) is 0 Å². The van der Waals surface area contributed by atoms with Gasteiger partial charge in [-0.05, 0) is 6.42 Å². The van der Waals surface area contributed by atoms with Crippen LogP contribution in [-0.4, -0.2) is 42.1 Å². The number of methoxy groups -OCH3 is 1. The molecule has 1 aromatic rings. The smallest absolute Gasteiger partial charge is 0.225 e. The third-order valence-electron chi connectivity index (χ3n) is 2.84. The van der Waals surface area contributed by atoms with Crippen molar-refractivity contribution in [2.24, 2.45) is 0 Å². The molecule has 0 radical (unpaired) electrons. The van der Waals surface area contributed by atoms with Gasteiger partial charge in [0.05, 0.1) is 7.11 Å². The van der Waals surface area contributed by atoms with Gasteiger partial charge in [0.1, 0.15) is 5.82 Å². The number of nitrogens with zero attached hydrogens (tertiary/aromatic N) is 3. The molecular weight excluding hydrogens is 234 g/mol. The van der Waals surface area contributed by atoms with E-state index in [2.05, 4.69) is 20.2 Å². The van der Waals surface area contributed by atoms with Gasteiger partial charge in [0.2, 0.25) is 17.7 Å². The molecule has 2 rings (SSSR count). The Morgan fingerprint density at radius 1 is 1.61 bits per heavy atom. The number of ether oxygens (including phenoxy) is 1. The van der Waals surface area contributed by atoms with Gasteiger partial charge in [-0.1, -0.05) is 0 Å². The maximum Gasteiger partial charge on any atom is 0.225 e. The fraction of sp³-hybridized carbons (Fsp3) is 0.545. The van der Waals surface area contributed by atoms with E-state index < -0.39 is 0 Å². The van der Waals surface area contributed by atoms with Gasteiger partial charge < -0.3 is 20.7 Å². The molecule has 1 aromatic heterocycles. The standard InChI is InChI=1S/C11H17N5O2/c1-7(17)13-8-3-4-16(6-8)9-5-10(18-2)15-11(12)14-9/h5,8H,3-4,6H2,1-2H3,(H,13,17)(H2,12,14,15). The van der Waals surface area contributed by atoms with E-state index >= 15 is 0 Å². The van der Waals surface area contributed by atoms with Gasteiger partial charge in [0.15, 0.2) is 0 Å². The summed E-state index contributed by atoms with van der Waals surface area (Å²) in [5.74, 6) is 1.35. The molecule has 1 aliphatic rings. The van der Waals surface area contributed by atoms with Crippen LogP contribution < -0.4 is 20.7 Å². The van der Waals surface area contributed by atoms with Crippen molar-refractivity contribution in [1.29, 1.82) is 0 Å². The number of nitrogens with two attached hydrogens (primary N) is 1. The summed E-state index contributed by atoms with van der Waals surface area (Å²) < 4.78 is 5.06. The van der Waals surface area contributed by atoms with Crippen LogP contribution in [0.3, 0.4) is 0 Å². The van der Waals surface area contributed by atoms with Crippen molar-refractivity contribution in [3.8, 4) is 5.88 Å². The number of anilines is 2. The van der Waals surface area contributed by atoms with E-state index in [1.54, 1.807) is 6.07 Å². The number of carbonyl (C=O) groups excluding carboxylic acids is 1. The second-order valence-electron chi connectivity index (χ2n) is 4.26. The molecule has 1 aliphatic heterocycles. The van der Waals surface area contributed by atoms with Crippen molar-refractivity contribution < 1.29 is 9.53 Å². The predicted molar refractivity (Wildman–Crippen MR) is 67.4 cm³/mol. The molecule has 1 atom stereocenters. The zero-order chi connectivity index (χ0) is 13.1. The fourth-order valence-electron chi connectivity index (χ4n) is 2.07. The normalized spacial score (nSPS) is 18.8. The summed E-state index contributed by atoms with van der Waals surface area (Å²) in [4.78, 5) is 21.2. The maximum atomic E-state index is 11.0. The minimum atomic E-state index is -0.0124. The Morgan fingerprint density at radius 2 is 2.39 bits per heavy atom. The molecule has 98 valence electrons. The van der Waals surface area contributed by atoms with Gasteiger partial charge in [-0.25, -0.2) is 0 Å². The van der Waals surface area contributed by atoms with Crippen molar-refractivity contribution >= 4 is 17.7 Å². The third-order valence-corrected chi connectivity index (χ3v) is 2.84. The van der Waals surface area contributed by atoms with Crippen molar-refractivity contribution in [3.05, 3.63) is 6.07 Å². The Balaban J connectivity index is 2.09. The van der Waals surface area contributed by atoms with E-state index in [-0.39, 0.29) is 17.9 Å². The first kappa shape index (κ1) is 12.4. The second kappa shape index (κ2) is 5.07. The largest absolute Gasteiger partial charge is 0.481 e. The van der Waals surface area contributed by atoms with Gasteiger partial charge in [-0.15, -0.1) is 0 Å². The summed E-state index contributed by atoms with van der Waals surface area (Å²) in [7, 11) is 1.54. The number of hydrogen-bond donors (Lipinski definition) is 2.